The topological polar surface area (TPSA) is 50.8 Å². The Bertz CT molecular complexity index is 696. The number of hydrogen-bond donors (Lipinski definition) is 1. The number of nitrogens with one attached hydrogen (secondary N) is 1. The van der Waals surface area contributed by atoms with E-state index in [1.165, 1.54) is 0 Å². The Morgan fingerprint density at radius 3 is 2.87 bits per heavy atom. The van der Waals surface area contributed by atoms with Crippen LogP contribution >= 0.6 is 0 Å². The number of fused-ring (bicyclic) bond motifs is 1. The second kappa shape index (κ2) is 6.98. The molecule has 0 aromatic heterocycles. The number of anilines is 1. The minimum atomic E-state index is -0.140. The van der Waals surface area contributed by atoms with Gasteiger partial charge >= 0.3 is 6.03 Å². The molecular weight excluding hydrogens is 292 g/mol. The second-order valence-electron chi connectivity index (χ2n) is 5.86. The van der Waals surface area contributed by atoms with Crippen LogP contribution in [0, 0.1) is 6.92 Å². The van der Waals surface area contributed by atoms with Crippen LogP contribution in [0.25, 0.3) is 10.8 Å². The van der Waals surface area contributed by atoms with Gasteiger partial charge in [-0.05, 0) is 17.9 Å². The average molecular weight is 314 g/mol. The molecule has 1 heterocycles. The molecule has 3 rings (SSSR count). The molecule has 1 aliphatic heterocycles. The van der Waals surface area contributed by atoms with Crippen molar-refractivity contribution < 1.29 is 14.3 Å². The summed E-state index contributed by atoms with van der Waals surface area (Å²) in [6.07, 6.45) is -0.0619. The molecule has 0 unspecified atom stereocenters. The number of ether oxygens (including phenoxy) is 2. The SMILES string of the molecule is Cc1ccc2ccccc2c1NC(=O)N(C)C[C@H]1COCCO1. The Morgan fingerprint density at radius 2 is 2.09 bits per heavy atom. The van der Waals surface area contributed by atoms with Crippen LogP contribution in [0.2, 0.25) is 0 Å². The number of likely N-dealkylation sites (N-methyl/N-ethyl adjacent to an activating group) is 1. The highest BCUT2D eigenvalue weighted by molar-refractivity contribution is 6.02. The first-order valence-electron chi connectivity index (χ1n) is 7.85. The van der Waals surface area contributed by atoms with E-state index in [9.17, 15) is 4.79 Å². The van der Waals surface area contributed by atoms with Gasteiger partial charge in [0.2, 0.25) is 0 Å². The first-order valence-corrected chi connectivity index (χ1v) is 7.85. The fourth-order valence-corrected chi connectivity index (χ4v) is 2.78. The zero-order valence-electron chi connectivity index (χ0n) is 13.5. The fraction of sp³-hybridized carbons (Fsp3) is 0.389. The predicted octanol–water partition coefficient (Wildman–Crippen LogP) is 3.03. The van der Waals surface area contributed by atoms with Gasteiger partial charge in [0.15, 0.2) is 0 Å². The number of rotatable bonds is 3. The normalized spacial score (nSPS) is 17.9. The summed E-state index contributed by atoms with van der Waals surface area (Å²) < 4.78 is 11.0. The van der Waals surface area contributed by atoms with Crippen molar-refractivity contribution in [3.8, 4) is 0 Å². The van der Waals surface area contributed by atoms with Gasteiger partial charge in [-0.3, -0.25) is 0 Å². The van der Waals surface area contributed by atoms with Crippen molar-refractivity contribution in [2.24, 2.45) is 0 Å². The minimum absolute atomic E-state index is 0.0619. The zero-order valence-corrected chi connectivity index (χ0v) is 13.5. The van der Waals surface area contributed by atoms with E-state index < -0.39 is 0 Å². The van der Waals surface area contributed by atoms with Crippen molar-refractivity contribution in [1.82, 2.24) is 4.90 Å². The Kier molecular flexibility index (Phi) is 4.79. The summed E-state index contributed by atoms with van der Waals surface area (Å²) in [4.78, 5) is 14.1. The lowest BCUT2D eigenvalue weighted by molar-refractivity contribution is -0.0925. The fourth-order valence-electron chi connectivity index (χ4n) is 2.78. The third-order valence-corrected chi connectivity index (χ3v) is 4.08. The number of hydrogen-bond acceptors (Lipinski definition) is 3. The number of benzene rings is 2. The van der Waals surface area contributed by atoms with Gasteiger partial charge in [0, 0.05) is 12.4 Å². The lowest BCUT2D eigenvalue weighted by Crippen LogP contribution is -2.42. The smallest absolute Gasteiger partial charge is 0.321 e. The predicted molar refractivity (Wildman–Crippen MR) is 90.9 cm³/mol. The number of carbonyl (C=O) groups excluding carboxylic acids is 1. The van der Waals surface area contributed by atoms with Crippen LogP contribution in [0.5, 0.6) is 0 Å². The molecule has 0 aliphatic carbocycles. The Hall–Kier alpha value is -2.11. The molecule has 5 nitrogen and oxygen atoms in total. The maximum Gasteiger partial charge on any atom is 0.321 e. The van der Waals surface area contributed by atoms with Crippen LogP contribution in [-0.4, -0.2) is 50.4 Å². The average Bonchev–Trinajstić information content (AvgIpc) is 2.58. The molecular formula is C18H22N2O3. The van der Waals surface area contributed by atoms with E-state index in [4.69, 9.17) is 9.47 Å². The minimum Gasteiger partial charge on any atom is -0.376 e. The molecule has 1 N–H and O–H groups in total. The van der Waals surface area contributed by atoms with Crippen LogP contribution < -0.4 is 5.32 Å². The number of aryl methyl sites for hydroxylation is 1. The monoisotopic (exact) mass is 314 g/mol. The van der Waals surface area contributed by atoms with Crippen molar-refractivity contribution >= 4 is 22.5 Å². The van der Waals surface area contributed by atoms with Gasteiger partial charge in [-0.25, -0.2) is 4.79 Å². The van der Waals surface area contributed by atoms with Crippen molar-refractivity contribution in [3.05, 3.63) is 42.0 Å². The van der Waals surface area contributed by atoms with Crippen molar-refractivity contribution in [2.75, 3.05) is 38.7 Å². The van der Waals surface area contributed by atoms with Crippen molar-refractivity contribution in [3.63, 3.8) is 0 Å². The summed E-state index contributed by atoms with van der Waals surface area (Å²) in [5.74, 6) is 0. The Morgan fingerprint density at radius 1 is 1.26 bits per heavy atom. The summed E-state index contributed by atoms with van der Waals surface area (Å²) in [5.41, 5.74) is 1.91. The van der Waals surface area contributed by atoms with E-state index in [-0.39, 0.29) is 12.1 Å². The molecule has 0 bridgehead atoms. The largest absolute Gasteiger partial charge is 0.376 e. The van der Waals surface area contributed by atoms with Crippen molar-refractivity contribution in [1.29, 1.82) is 0 Å². The highest BCUT2D eigenvalue weighted by Gasteiger charge is 2.20. The molecule has 1 fully saturated rings. The van der Waals surface area contributed by atoms with Crippen LogP contribution in [0.15, 0.2) is 36.4 Å². The lowest BCUT2D eigenvalue weighted by Gasteiger charge is -2.27. The number of nitrogens with zero attached hydrogens (tertiary/aromatic N) is 1. The van der Waals surface area contributed by atoms with Crippen LogP contribution in [0.3, 0.4) is 0 Å². The van der Waals surface area contributed by atoms with E-state index in [1.54, 1.807) is 11.9 Å². The van der Waals surface area contributed by atoms with Gasteiger partial charge in [0.1, 0.15) is 0 Å². The van der Waals surface area contributed by atoms with Crippen LogP contribution in [0.4, 0.5) is 10.5 Å². The summed E-state index contributed by atoms with van der Waals surface area (Å²) in [7, 11) is 1.77. The summed E-state index contributed by atoms with van der Waals surface area (Å²) >= 11 is 0. The maximum absolute atomic E-state index is 12.5. The lowest BCUT2D eigenvalue weighted by atomic mass is 10.0. The first-order chi connectivity index (χ1) is 11.1. The third kappa shape index (κ3) is 3.63. The zero-order chi connectivity index (χ0) is 16.2. The van der Waals surface area contributed by atoms with Gasteiger partial charge in [0.25, 0.3) is 0 Å². The highest BCUT2D eigenvalue weighted by Crippen LogP contribution is 2.27. The third-order valence-electron chi connectivity index (χ3n) is 4.08. The van der Waals surface area contributed by atoms with E-state index in [0.717, 1.165) is 22.0 Å². The number of carbonyl (C=O) groups is 1. The van der Waals surface area contributed by atoms with Gasteiger partial charge in [-0.2, -0.15) is 0 Å². The summed E-state index contributed by atoms with van der Waals surface area (Å²) in [6.45, 7) is 4.25. The van der Waals surface area contributed by atoms with E-state index in [1.807, 2.05) is 37.3 Å². The van der Waals surface area contributed by atoms with Gasteiger partial charge in [-0.15, -0.1) is 0 Å². The molecule has 0 radical (unpaired) electrons. The van der Waals surface area contributed by atoms with E-state index >= 15 is 0 Å². The van der Waals surface area contributed by atoms with Crippen LogP contribution in [0.1, 0.15) is 5.56 Å². The molecule has 2 aromatic rings. The Labute approximate surface area is 136 Å². The summed E-state index contributed by atoms with van der Waals surface area (Å²) in [5, 5.41) is 5.19. The standard InChI is InChI=1S/C18H22N2O3/c1-13-7-8-14-5-3-4-6-16(14)17(13)19-18(21)20(2)11-15-12-22-9-10-23-15/h3-8,15H,9-12H2,1-2H3,(H,19,21)/t15-/m0/s1. The first kappa shape index (κ1) is 15.8. The van der Waals surface area contributed by atoms with E-state index in [2.05, 4.69) is 11.4 Å². The Balaban J connectivity index is 1.73. The quantitative estimate of drug-likeness (QED) is 0.947. The van der Waals surface area contributed by atoms with Gasteiger partial charge in [0.05, 0.1) is 38.2 Å². The van der Waals surface area contributed by atoms with Gasteiger partial charge < -0.3 is 19.7 Å². The van der Waals surface area contributed by atoms with Gasteiger partial charge in [-0.1, -0.05) is 36.4 Å². The van der Waals surface area contributed by atoms with Crippen molar-refractivity contribution in [2.45, 2.75) is 13.0 Å². The highest BCUT2D eigenvalue weighted by atomic mass is 16.6. The molecule has 122 valence electrons. The molecule has 1 aliphatic rings. The molecule has 2 aromatic carbocycles. The van der Waals surface area contributed by atoms with E-state index in [0.29, 0.717) is 26.4 Å². The molecule has 0 spiro atoms. The molecule has 1 atom stereocenters. The molecule has 2 amide bonds. The molecule has 1 saturated heterocycles. The number of amides is 2. The maximum atomic E-state index is 12.5. The van der Waals surface area contributed by atoms with Crippen LogP contribution in [-0.2, 0) is 9.47 Å². The summed E-state index contributed by atoms with van der Waals surface area (Å²) in [6, 6.07) is 12.0. The number of urea groups is 1. The molecule has 0 saturated carbocycles. The second-order valence-corrected chi connectivity index (χ2v) is 5.86. The molecule has 5 heteroatoms. The molecule has 23 heavy (non-hydrogen) atoms.